The molecule has 3 aromatic rings. The number of nitrogens with zero attached hydrogens (tertiary/aromatic N) is 2. The molecule has 0 fully saturated rings. The molecule has 0 bridgehead atoms. The minimum absolute atomic E-state index is 0.201. The molecule has 0 spiro atoms. The maximum Gasteiger partial charge on any atom is 0.264 e. The fourth-order valence-corrected chi connectivity index (χ4v) is 4.57. The first-order chi connectivity index (χ1) is 12.3. The van der Waals surface area contributed by atoms with Crippen LogP contribution in [0.25, 0.3) is 10.9 Å². The molecule has 0 saturated carbocycles. The van der Waals surface area contributed by atoms with Gasteiger partial charge < -0.3 is 0 Å². The van der Waals surface area contributed by atoms with Gasteiger partial charge in [0.05, 0.1) is 22.3 Å². The normalized spacial score (nSPS) is 12.2. The van der Waals surface area contributed by atoms with E-state index in [1.165, 1.54) is 9.87 Å². The van der Waals surface area contributed by atoms with Gasteiger partial charge >= 0.3 is 0 Å². The molecule has 0 aliphatic carbocycles. The van der Waals surface area contributed by atoms with Crippen molar-refractivity contribution in [1.29, 1.82) is 0 Å². The molecular formula is C20H25N3O2S. The number of hydrogen-bond donors (Lipinski definition) is 1. The van der Waals surface area contributed by atoms with Crippen LogP contribution < -0.4 is 4.31 Å². The van der Waals surface area contributed by atoms with Gasteiger partial charge in [-0.1, -0.05) is 39.8 Å². The van der Waals surface area contributed by atoms with Gasteiger partial charge in [-0.2, -0.15) is 5.10 Å². The van der Waals surface area contributed by atoms with Crippen molar-refractivity contribution in [2.75, 3.05) is 10.8 Å². The molecule has 1 aromatic heterocycles. The molecule has 0 aliphatic heterocycles. The number of aromatic amines is 1. The second-order valence-electron chi connectivity index (χ2n) is 7.30. The van der Waals surface area contributed by atoms with Crippen molar-refractivity contribution in [3.8, 4) is 0 Å². The van der Waals surface area contributed by atoms with E-state index in [0.717, 1.165) is 10.9 Å². The number of aromatic nitrogens is 2. The summed E-state index contributed by atoms with van der Waals surface area (Å²) in [6.45, 7) is 8.71. The van der Waals surface area contributed by atoms with E-state index in [0.29, 0.717) is 18.2 Å². The molecule has 0 aliphatic rings. The summed E-state index contributed by atoms with van der Waals surface area (Å²) >= 11 is 0. The van der Waals surface area contributed by atoms with E-state index in [1.807, 2.05) is 38.1 Å². The molecule has 0 unspecified atom stereocenters. The zero-order valence-corrected chi connectivity index (χ0v) is 16.4. The number of H-pyrrole nitrogens is 1. The van der Waals surface area contributed by atoms with E-state index in [2.05, 4.69) is 24.0 Å². The molecule has 3 rings (SSSR count). The largest absolute Gasteiger partial charge is 0.278 e. The standard InChI is InChI=1S/C20H25N3O2S/c1-14(2)13-23(18-7-5-16(6-8-18)15(3)4)26(24,25)19-9-10-20-17(11-19)12-21-22-20/h5-12,14-15H,13H2,1-4H3,(H,21,22). The van der Waals surface area contributed by atoms with Crippen LogP contribution in [-0.2, 0) is 10.0 Å². The maximum absolute atomic E-state index is 13.3. The highest BCUT2D eigenvalue weighted by atomic mass is 32.2. The topological polar surface area (TPSA) is 66.1 Å². The Morgan fingerprint density at radius 2 is 1.73 bits per heavy atom. The van der Waals surface area contributed by atoms with Gasteiger partial charge in [0.1, 0.15) is 0 Å². The van der Waals surface area contributed by atoms with Gasteiger partial charge in [0, 0.05) is 11.9 Å². The molecule has 0 saturated heterocycles. The summed E-state index contributed by atoms with van der Waals surface area (Å²) in [6, 6.07) is 12.8. The van der Waals surface area contributed by atoms with Gasteiger partial charge in [0.2, 0.25) is 0 Å². The second kappa shape index (κ2) is 7.11. The monoisotopic (exact) mass is 371 g/mol. The first-order valence-electron chi connectivity index (χ1n) is 8.85. The summed E-state index contributed by atoms with van der Waals surface area (Å²) < 4.78 is 28.2. The lowest BCUT2D eigenvalue weighted by Crippen LogP contribution is -2.34. The molecular weight excluding hydrogens is 346 g/mol. The van der Waals surface area contributed by atoms with E-state index < -0.39 is 10.0 Å². The molecule has 5 nitrogen and oxygen atoms in total. The smallest absolute Gasteiger partial charge is 0.264 e. The molecule has 2 aromatic carbocycles. The molecule has 1 heterocycles. The summed E-state index contributed by atoms with van der Waals surface area (Å²) in [5.41, 5.74) is 2.70. The van der Waals surface area contributed by atoms with Gasteiger partial charge in [-0.05, 0) is 47.7 Å². The lowest BCUT2D eigenvalue weighted by molar-refractivity contribution is 0.578. The van der Waals surface area contributed by atoms with Crippen molar-refractivity contribution in [2.24, 2.45) is 5.92 Å². The van der Waals surface area contributed by atoms with Crippen LogP contribution in [-0.4, -0.2) is 25.2 Å². The zero-order chi connectivity index (χ0) is 18.9. The Bertz CT molecular complexity index is 989. The predicted molar refractivity (Wildman–Crippen MR) is 106 cm³/mol. The summed E-state index contributed by atoms with van der Waals surface area (Å²) in [5.74, 6) is 0.606. The van der Waals surface area contributed by atoms with E-state index >= 15 is 0 Å². The van der Waals surface area contributed by atoms with Gasteiger partial charge in [-0.15, -0.1) is 0 Å². The van der Waals surface area contributed by atoms with Crippen molar-refractivity contribution < 1.29 is 8.42 Å². The Morgan fingerprint density at radius 3 is 2.35 bits per heavy atom. The number of fused-ring (bicyclic) bond motifs is 1. The van der Waals surface area contributed by atoms with Crippen molar-refractivity contribution in [1.82, 2.24) is 10.2 Å². The number of hydrogen-bond acceptors (Lipinski definition) is 3. The Balaban J connectivity index is 2.05. The second-order valence-corrected chi connectivity index (χ2v) is 9.16. The molecule has 138 valence electrons. The zero-order valence-electron chi connectivity index (χ0n) is 15.6. The fourth-order valence-electron chi connectivity index (χ4n) is 2.91. The SMILES string of the molecule is CC(C)CN(c1ccc(C(C)C)cc1)S(=O)(=O)c1ccc2[nH]ncc2c1. The summed E-state index contributed by atoms with van der Waals surface area (Å²) in [7, 11) is -3.66. The quantitative estimate of drug-likeness (QED) is 0.692. The van der Waals surface area contributed by atoms with Crippen molar-refractivity contribution >= 4 is 26.6 Å². The van der Waals surface area contributed by atoms with Crippen LogP contribution in [0, 0.1) is 5.92 Å². The van der Waals surface area contributed by atoms with Crippen LogP contribution in [0.4, 0.5) is 5.69 Å². The van der Waals surface area contributed by atoms with Gasteiger partial charge in [-0.3, -0.25) is 9.40 Å². The lowest BCUT2D eigenvalue weighted by atomic mass is 10.0. The summed E-state index contributed by atoms with van der Waals surface area (Å²) in [5, 5.41) is 7.60. The van der Waals surface area contributed by atoms with Crippen molar-refractivity contribution in [3.05, 3.63) is 54.2 Å². The fraction of sp³-hybridized carbons (Fsp3) is 0.350. The van der Waals surface area contributed by atoms with Crippen LogP contribution in [0.2, 0.25) is 0 Å². The first-order valence-corrected chi connectivity index (χ1v) is 10.3. The highest BCUT2D eigenvalue weighted by molar-refractivity contribution is 7.92. The van der Waals surface area contributed by atoms with E-state index in [4.69, 9.17) is 0 Å². The van der Waals surface area contributed by atoms with Gasteiger partial charge in [0.25, 0.3) is 10.0 Å². The van der Waals surface area contributed by atoms with Crippen LogP contribution in [0.1, 0.15) is 39.2 Å². The number of sulfonamides is 1. The first kappa shape index (κ1) is 18.5. The Hall–Kier alpha value is -2.34. The highest BCUT2D eigenvalue weighted by Gasteiger charge is 2.26. The summed E-state index contributed by atoms with van der Waals surface area (Å²) in [6.07, 6.45) is 1.64. The number of benzene rings is 2. The lowest BCUT2D eigenvalue weighted by Gasteiger charge is -2.26. The van der Waals surface area contributed by atoms with Crippen LogP contribution in [0.15, 0.2) is 53.6 Å². The molecule has 26 heavy (non-hydrogen) atoms. The molecule has 6 heteroatoms. The van der Waals surface area contributed by atoms with E-state index in [-0.39, 0.29) is 10.8 Å². The Labute approximate surface area is 155 Å². The third kappa shape index (κ3) is 3.60. The van der Waals surface area contributed by atoms with Gasteiger partial charge in [0.15, 0.2) is 0 Å². The van der Waals surface area contributed by atoms with Crippen LogP contribution >= 0.6 is 0 Å². The summed E-state index contributed by atoms with van der Waals surface area (Å²) in [4.78, 5) is 0.278. The number of rotatable bonds is 6. The van der Waals surface area contributed by atoms with Crippen LogP contribution in [0.5, 0.6) is 0 Å². The van der Waals surface area contributed by atoms with E-state index in [1.54, 1.807) is 24.4 Å². The molecule has 0 radical (unpaired) electrons. The highest BCUT2D eigenvalue weighted by Crippen LogP contribution is 2.28. The Kier molecular flexibility index (Phi) is 5.05. The van der Waals surface area contributed by atoms with Crippen molar-refractivity contribution in [3.63, 3.8) is 0 Å². The molecule has 1 N–H and O–H groups in total. The molecule has 0 atom stereocenters. The minimum atomic E-state index is -3.66. The number of nitrogens with one attached hydrogen (secondary N) is 1. The average molecular weight is 372 g/mol. The van der Waals surface area contributed by atoms with Crippen LogP contribution in [0.3, 0.4) is 0 Å². The van der Waals surface area contributed by atoms with Crippen molar-refractivity contribution in [2.45, 2.75) is 38.5 Å². The minimum Gasteiger partial charge on any atom is -0.278 e. The predicted octanol–water partition coefficient (Wildman–Crippen LogP) is 4.54. The third-order valence-corrected chi connectivity index (χ3v) is 6.17. The third-order valence-electron chi connectivity index (χ3n) is 4.38. The molecule has 0 amide bonds. The van der Waals surface area contributed by atoms with Gasteiger partial charge in [-0.25, -0.2) is 8.42 Å². The Morgan fingerprint density at radius 1 is 1.04 bits per heavy atom. The van der Waals surface area contributed by atoms with E-state index in [9.17, 15) is 8.42 Å². The average Bonchev–Trinajstić information content (AvgIpc) is 3.07. The maximum atomic E-state index is 13.3. The number of anilines is 1.